The number of sulfone groups is 1. The Labute approximate surface area is 170 Å². The van der Waals surface area contributed by atoms with Gasteiger partial charge in [-0.2, -0.15) is 0 Å². The van der Waals surface area contributed by atoms with Crippen molar-refractivity contribution in [3.8, 4) is 0 Å². The summed E-state index contributed by atoms with van der Waals surface area (Å²) in [7, 11) is -7.47. The van der Waals surface area contributed by atoms with Crippen LogP contribution in [0.25, 0.3) is 0 Å². The number of hydrogen-bond donors (Lipinski definition) is 1. The summed E-state index contributed by atoms with van der Waals surface area (Å²) < 4.78 is 70.3. The van der Waals surface area contributed by atoms with Crippen molar-refractivity contribution in [3.05, 3.63) is 59.9 Å². The fourth-order valence-corrected chi connectivity index (χ4v) is 5.00. The molecule has 1 N–H and O–H groups in total. The van der Waals surface area contributed by atoms with Gasteiger partial charge in [-0.15, -0.1) is 0 Å². The van der Waals surface area contributed by atoms with Gasteiger partial charge in [0.25, 0.3) is 0 Å². The zero-order valence-electron chi connectivity index (χ0n) is 15.9. The number of morpholine rings is 1. The first-order valence-electron chi connectivity index (χ1n) is 9.04. The molecule has 0 bridgehead atoms. The third-order valence-corrected chi connectivity index (χ3v) is 7.28. The molecule has 0 amide bonds. The summed E-state index contributed by atoms with van der Waals surface area (Å²) in [6.07, 6.45) is 1.02. The summed E-state index contributed by atoms with van der Waals surface area (Å²) in [5, 5.41) is 0. The Morgan fingerprint density at radius 1 is 1.03 bits per heavy atom. The minimum Gasteiger partial charge on any atom is -0.379 e. The van der Waals surface area contributed by atoms with Gasteiger partial charge in [-0.1, -0.05) is 18.2 Å². The van der Waals surface area contributed by atoms with Crippen LogP contribution in [0.4, 0.5) is 4.39 Å². The smallest absolute Gasteiger partial charge is 0.240 e. The average molecular weight is 443 g/mol. The minimum absolute atomic E-state index is 0.0526. The fourth-order valence-electron chi connectivity index (χ4n) is 3.18. The van der Waals surface area contributed by atoms with Crippen LogP contribution in [0.1, 0.15) is 11.6 Å². The lowest BCUT2D eigenvalue weighted by atomic mass is 10.0. The molecule has 7 nitrogen and oxygen atoms in total. The first kappa shape index (κ1) is 21.8. The maximum absolute atomic E-state index is 13.3. The summed E-state index contributed by atoms with van der Waals surface area (Å²) in [6.45, 7) is 2.35. The summed E-state index contributed by atoms with van der Waals surface area (Å²) in [5.74, 6) is -0.368. The number of sulfonamides is 1. The van der Waals surface area contributed by atoms with E-state index in [0.717, 1.165) is 17.9 Å². The third kappa shape index (κ3) is 5.61. The van der Waals surface area contributed by atoms with Gasteiger partial charge in [0.15, 0.2) is 9.84 Å². The standard InChI is InChI=1S/C19H23FN2O5S2/c1-28(23,24)17-3-2-4-18(13-17)29(25,26)21-14-19(22-9-11-27-12-10-22)15-5-7-16(20)8-6-15/h2-8,13,19,21H,9-12,14H2,1H3. The molecule has 1 heterocycles. The summed E-state index contributed by atoms with van der Waals surface area (Å²) in [4.78, 5) is 1.88. The van der Waals surface area contributed by atoms with Crippen molar-refractivity contribution in [2.75, 3.05) is 39.1 Å². The van der Waals surface area contributed by atoms with Crippen LogP contribution in [0.15, 0.2) is 58.3 Å². The lowest BCUT2D eigenvalue weighted by molar-refractivity contribution is 0.0172. The highest BCUT2D eigenvalue weighted by Gasteiger charge is 2.25. The molecule has 29 heavy (non-hydrogen) atoms. The number of halogens is 1. The predicted octanol–water partition coefficient (Wildman–Crippen LogP) is 1.58. The second-order valence-corrected chi connectivity index (χ2v) is 10.6. The van der Waals surface area contributed by atoms with E-state index in [0.29, 0.717) is 26.3 Å². The molecule has 0 aromatic heterocycles. The summed E-state index contributed by atoms with van der Waals surface area (Å²) in [6, 6.07) is 10.9. The number of rotatable bonds is 7. The van der Waals surface area contributed by atoms with Crippen molar-refractivity contribution < 1.29 is 26.0 Å². The van der Waals surface area contributed by atoms with Crippen LogP contribution in [-0.2, 0) is 24.6 Å². The van der Waals surface area contributed by atoms with Crippen LogP contribution < -0.4 is 4.72 Å². The van der Waals surface area contributed by atoms with Gasteiger partial charge in [0, 0.05) is 31.9 Å². The van der Waals surface area contributed by atoms with Crippen molar-refractivity contribution >= 4 is 19.9 Å². The summed E-state index contributed by atoms with van der Waals surface area (Å²) in [5.41, 5.74) is 0.779. The van der Waals surface area contributed by atoms with Crippen LogP contribution in [-0.4, -0.2) is 60.8 Å². The first-order chi connectivity index (χ1) is 13.7. The minimum atomic E-state index is -3.94. The molecule has 1 saturated heterocycles. The lowest BCUT2D eigenvalue weighted by Crippen LogP contribution is -2.43. The van der Waals surface area contributed by atoms with Gasteiger partial charge in [0.1, 0.15) is 5.82 Å². The second-order valence-electron chi connectivity index (χ2n) is 6.81. The van der Waals surface area contributed by atoms with Gasteiger partial charge in [0.2, 0.25) is 10.0 Å². The molecule has 0 saturated carbocycles. The molecule has 1 aliphatic rings. The zero-order valence-corrected chi connectivity index (χ0v) is 17.5. The lowest BCUT2D eigenvalue weighted by Gasteiger charge is -2.34. The summed E-state index contributed by atoms with van der Waals surface area (Å²) >= 11 is 0. The van der Waals surface area contributed by atoms with Gasteiger partial charge in [-0.25, -0.2) is 25.9 Å². The predicted molar refractivity (Wildman–Crippen MR) is 106 cm³/mol. The van der Waals surface area contributed by atoms with E-state index in [1.165, 1.54) is 30.3 Å². The molecule has 3 rings (SSSR count). The molecule has 2 aromatic rings. The van der Waals surface area contributed by atoms with Crippen LogP contribution in [0, 0.1) is 5.82 Å². The molecular weight excluding hydrogens is 419 g/mol. The van der Waals surface area contributed by atoms with E-state index in [2.05, 4.69) is 9.62 Å². The molecule has 0 spiro atoms. The van der Waals surface area contributed by atoms with E-state index in [9.17, 15) is 21.2 Å². The normalized spacial score (nSPS) is 17.2. The fraction of sp³-hybridized carbons (Fsp3) is 0.368. The van der Waals surface area contributed by atoms with Gasteiger partial charge in [-0.3, -0.25) is 4.90 Å². The topological polar surface area (TPSA) is 92.8 Å². The molecule has 10 heteroatoms. The molecular formula is C19H23FN2O5S2. The van der Waals surface area contributed by atoms with Gasteiger partial charge >= 0.3 is 0 Å². The van der Waals surface area contributed by atoms with E-state index in [-0.39, 0.29) is 28.2 Å². The van der Waals surface area contributed by atoms with Gasteiger partial charge in [-0.05, 0) is 35.9 Å². The Balaban J connectivity index is 1.83. The molecule has 158 valence electrons. The van der Waals surface area contributed by atoms with E-state index < -0.39 is 19.9 Å². The second kappa shape index (κ2) is 8.88. The number of ether oxygens (including phenoxy) is 1. The maximum atomic E-state index is 13.3. The van der Waals surface area contributed by atoms with E-state index in [4.69, 9.17) is 4.74 Å². The van der Waals surface area contributed by atoms with Crippen LogP contribution in [0.2, 0.25) is 0 Å². The van der Waals surface area contributed by atoms with Crippen molar-refractivity contribution in [1.29, 1.82) is 0 Å². The highest BCUT2D eigenvalue weighted by atomic mass is 32.2. The largest absolute Gasteiger partial charge is 0.379 e. The molecule has 1 aliphatic heterocycles. The molecule has 0 radical (unpaired) electrons. The Hall–Kier alpha value is -1.85. The average Bonchev–Trinajstić information content (AvgIpc) is 2.70. The van der Waals surface area contributed by atoms with Gasteiger partial charge < -0.3 is 4.74 Å². The van der Waals surface area contributed by atoms with E-state index in [1.54, 1.807) is 12.1 Å². The molecule has 1 atom stereocenters. The molecule has 1 fully saturated rings. The van der Waals surface area contributed by atoms with Crippen molar-refractivity contribution in [3.63, 3.8) is 0 Å². The molecule has 1 unspecified atom stereocenters. The number of hydrogen-bond acceptors (Lipinski definition) is 6. The number of benzene rings is 2. The van der Waals surface area contributed by atoms with E-state index >= 15 is 0 Å². The number of nitrogens with one attached hydrogen (secondary N) is 1. The first-order valence-corrected chi connectivity index (χ1v) is 12.4. The van der Waals surface area contributed by atoms with Crippen LogP contribution >= 0.6 is 0 Å². The quantitative estimate of drug-likeness (QED) is 0.700. The van der Waals surface area contributed by atoms with Crippen LogP contribution in [0.5, 0.6) is 0 Å². The third-order valence-electron chi connectivity index (χ3n) is 4.75. The van der Waals surface area contributed by atoms with Crippen molar-refractivity contribution in [2.24, 2.45) is 0 Å². The zero-order chi connectivity index (χ0) is 21.1. The Morgan fingerprint density at radius 2 is 1.66 bits per heavy atom. The highest BCUT2D eigenvalue weighted by Crippen LogP contribution is 2.23. The molecule has 2 aromatic carbocycles. The van der Waals surface area contributed by atoms with Gasteiger partial charge in [0.05, 0.1) is 23.0 Å². The Morgan fingerprint density at radius 3 is 2.28 bits per heavy atom. The van der Waals surface area contributed by atoms with E-state index in [1.807, 2.05) is 0 Å². The monoisotopic (exact) mass is 442 g/mol. The van der Waals surface area contributed by atoms with Crippen molar-refractivity contribution in [1.82, 2.24) is 9.62 Å². The van der Waals surface area contributed by atoms with Crippen molar-refractivity contribution in [2.45, 2.75) is 15.8 Å². The number of nitrogens with zero attached hydrogens (tertiary/aromatic N) is 1. The highest BCUT2D eigenvalue weighted by molar-refractivity contribution is 7.91. The molecule has 0 aliphatic carbocycles. The Kier molecular flexibility index (Phi) is 6.69. The van der Waals surface area contributed by atoms with Crippen LogP contribution in [0.3, 0.4) is 0 Å². The SMILES string of the molecule is CS(=O)(=O)c1cccc(S(=O)(=O)NCC(c2ccc(F)cc2)N2CCOCC2)c1. The Bertz CT molecular complexity index is 1050. The maximum Gasteiger partial charge on any atom is 0.240 e.